The fourth-order valence-electron chi connectivity index (χ4n) is 6.08. The number of ketones is 1. The fraction of sp³-hybridized carbons (Fsp3) is 0.462. The maximum Gasteiger partial charge on any atom is 0.237 e. The van der Waals surface area contributed by atoms with Crippen LogP contribution in [0.1, 0.15) is 56.1 Å². The Bertz CT molecular complexity index is 1120. The molecule has 2 N–H and O–H groups in total. The molecule has 0 bridgehead atoms. The summed E-state index contributed by atoms with van der Waals surface area (Å²) < 4.78 is 15.4. The van der Waals surface area contributed by atoms with E-state index in [4.69, 9.17) is 23.2 Å². The monoisotopic (exact) mass is 488 g/mol. The highest BCUT2D eigenvalue weighted by Crippen LogP contribution is 2.53. The molecular formula is C26H27Cl2FN2O2. The number of carbonyl (C=O) groups is 2. The summed E-state index contributed by atoms with van der Waals surface area (Å²) >= 11 is 12.3. The first-order chi connectivity index (χ1) is 15.8. The molecule has 2 aromatic rings. The lowest BCUT2D eigenvalue weighted by Gasteiger charge is -2.32. The van der Waals surface area contributed by atoms with Crippen LogP contribution >= 0.6 is 23.2 Å². The molecule has 2 fully saturated rings. The van der Waals surface area contributed by atoms with Gasteiger partial charge in [-0.2, -0.15) is 0 Å². The molecular weight excluding hydrogens is 462 g/mol. The number of amides is 1. The molecule has 4 nitrogen and oxygen atoms in total. The van der Waals surface area contributed by atoms with Gasteiger partial charge in [-0.05, 0) is 54.0 Å². The van der Waals surface area contributed by atoms with Crippen molar-refractivity contribution in [3.8, 4) is 0 Å². The SMILES string of the molecule is CC1CCC(CC(=O)C2NCC3(C(=O)Nc4cc(Cl)ccc43)C2c2cccc(Cl)c2F)CC1. The molecule has 3 unspecified atom stereocenters. The van der Waals surface area contributed by atoms with Crippen molar-refractivity contribution in [1.29, 1.82) is 0 Å². The van der Waals surface area contributed by atoms with E-state index in [0.29, 0.717) is 34.5 Å². The van der Waals surface area contributed by atoms with Crippen LogP contribution in [0.2, 0.25) is 10.0 Å². The third-order valence-corrected chi connectivity index (χ3v) is 8.40. The number of nitrogens with one attached hydrogen (secondary N) is 2. The molecule has 174 valence electrons. The lowest BCUT2D eigenvalue weighted by molar-refractivity contribution is -0.123. The standard InChI is InChI=1S/C26H27Cl2FN2O2/c1-14-5-7-15(8-6-14)11-21(32)24-22(17-3-2-4-19(28)23(17)29)26(13-30-24)18-10-9-16(27)12-20(18)31-25(26)33/h2-4,9-10,12,14-15,22,24,30H,5-8,11,13H2,1H3,(H,31,33). The second-order valence-corrected chi connectivity index (χ2v) is 10.7. The number of hydrogen-bond acceptors (Lipinski definition) is 3. The Morgan fingerprint density at radius 1 is 1.15 bits per heavy atom. The quantitative estimate of drug-likeness (QED) is 0.566. The van der Waals surface area contributed by atoms with Gasteiger partial charge in [0, 0.05) is 29.6 Å². The van der Waals surface area contributed by atoms with E-state index < -0.39 is 23.2 Å². The smallest absolute Gasteiger partial charge is 0.237 e. The van der Waals surface area contributed by atoms with Crippen LogP contribution in [-0.4, -0.2) is 24.3 Å². The predicted molar refractivity (Wildman–Crippen MR) is 128 cm³/mol. The molecule has 3 aliphatic rings. The maximum absolute atomic E-state index is 15.4. The Morgan fingerprint density at radius 2 is 1.91 bits per heavy atom. The van der Waals surface area contributed by atoms with E-state index in [1.807, 2.05) is 6.07 Å². The van der Waals surface area contributed by atoms with Gasteiger partial charge in [-0.1, -0.05) is 61.2 Å². The normalized spacial score (nSPS) is 31.0. The minimum Gasteiger partial charge on any atom is -0.325 e. The summed E-state index contributed by atoms with van der Waals surface area (Å²) in [7, 11) is 0. The van der Waals surface area contributed by atoms with Crippen molar-refractivity contribution in [3.05, 3.63) is 63.4 Å². The van der Waals surface area contributed by atoms with Crippen molar-refractivity contribution < 1.29 is 14.0 Å². The molecule has 0 radical (unpaired) electrons. The van der Waals surface area contributed by atoms with Crippen LogP contribution in [0.3, 0.4) is 0 Å². The molecule has 2 aliphatic heterocycles. The van der Waals surface area contributed by atoms with Crippen LogP contribution in [0.5, 0.6) is 0 Å². The highest BCUT2D eigenvalue weighted by atomic mass is 35.5. The zero-order chi connectivity index (χ0) is 23.3. The van der Waals surface area contributed by atoms with E-state index >= 15 is 4.39 Å². The number of benzene rings is 2. The Hall–Kier alpha value is -1.95. The minimum atomic E-state index is -1.12. The third-order valence-electron chi connectivity index (χ3n) is 7.87. The van der Waals surface area contributed by atoms with Crippen molar-refractivity contribution in [3.63, 3.8) is 0 Å². The van der Waals surface area contributed by atoms with Crippen molar-refractivity contribution in [2.75, 3.05) is 11.9 Å². The molecule has 1 spiro atoms. The van der Waals surface area contributed by atoms with Gasteiger partial charge in [0.05, 0.1) is 16.5 Å². The first kappa shape index (κ1) is 22.8. The number of rotatable bonds is 4. The van der Waals surface area contributed by atoms with Crippen LogP contribution in [0, 0.1) is 17.7 Å². The molecule has 1 saturated carbocycles. The number of carbonyl (C=O) groups excluding carboxylic acids is 2. The minimum absolute atomic E-state index is 0.0169. The number of anilines is 1. The van der Waals surface area contributed by atoms with Gasteiger partial charge in [0.2, 0.25) is 5.91 Å². The number of Topliss-reactive ketones (excluding diaryl/α,β-unsaturated/α-hetero) is 1. The van der Waals surface area contributed by atoms with Gasteiger partial charge in [0.15, 0.2) is 5.78 Å². The zero-order valence-electron chi connectivity index (χ0n) is 18.5. The van der Waals surface area contributed by atoms with E-state index in [2.05, 4.69) is 17.6 Å². The second-order valence-electron chi connectivity index (χ2n) is 9.89. The largest absolute Gasteiger partial charge is 0.325 e. The lowest BCUT2D eigenvalue weighted by Crippen LogP contribution is -2.43. The first-order valence-corrected chi connectivity index (χ1v) is 12.4. The van der Waals surface area contributed by atoms with Gasteiger partial charge in [-0.25, -0.2) is 4.39 Å². The van der Waals surface area contributed by atoms with Gasteiger partial charge >= 0.3 is 0 Å². The van der Waals surface area contributed by atoms with Gasteiger partial charge in [-0.3, -0.25) is 9.59 Å². The second kappa shape index (κ2) is 8.68. The van der Waals surface area contributed by atoms with Gasteiger partial charge in [0.25, 0.3) is 0 Å². The fourth-order valence-corrected chi connectivity index (χ4v) is 6.44. The molecule has 7 heteroatoms. The molecule has 33 heavy (non-hydrogen) atoms. The summed E-state index contributed by atoms with van der Waals surface area (Å²) in [5.74, 6) is -0.478. The summed E-state index contributed by atoms with van der Waals surface area (Å²) in [5.41, 5.74) is 0.514. The van der Waals surface area contributed by atoms with E-state index in [-0.39, 0.29) is 23.3 Å². The summed E-state index contributed by atoms with van der Waals surface area (Å²) in [4.78, 5) is 27.1. The molecule has 3 atom stereocenters. The molecule has 2 heterocycles. The van der Waals surface area contributed by atoms with E-state index in [0.717, 1.165) is 31.2 Å². The van der Waals surface area contributed by atoms with E-state index in [1.54, 1.807) is 24.3 Å². The highest BCUT2D eigenvalue weighted by Gasteiger charge is 2.61. The number of fused-ring (bicyclic) bond motifs is 2. The van der Waals surface area contributed by atoms with Crippen molar-refractivity contribution in [2.24, 2.45) is 11.8 Å². The number of halogens is 3. The molecule has 1 saturated heterocycles. The predicted octanol–water partition coefficient (Wildman–Crippen LogP) is 5.86. The average molecular weight is 489 g/mol. The summed E-state index contributed by atoms with van der Waals surface area (Å²) in [5, 5.41) is 6.72. The van der Waals surface area contributed by atoms with Gasteiger partial charge in [0.1, 0.15) is 5.82 Å². The van der Waals surface area contributed by atoms with E-state index in [9.17, 15) is 9.59 Å². The number of hydrogen-bond donors (Lipinski definition) is 2. The lowest BCUT2D eigenvalue weighted by atomic mass is 9.67. The van der Waals surface area contributed by atoms with Crippen LogP contribution in [0.25, 0.3) is 0 Å². The van der Waals surface area contributed by atoms with Crippen LogP contribution in [0.15, 0.2) is 36.4 Å². The van der Waals surface area contributed by atoms with Crippen molar-refractivity contribution >= 4 is 40.6 Å². The van der Waals surface area contributed by atoms with Crippen molar-refractivity contribution in [2.45, 2.75) is 56.4 Å². The summed E-state index contributed by atoms with van der Waals surface area (Å²) in [6.07, 6.45) is 4.76. The summed E-state index contributed by atoms with van der Waals surface area (Å²) in [6.45, 7) is 2.49. The Morgan fingerprint density at radius 3 is 2.67 bits per heavy atom. The van der Waals surface area contributed by atoms with Crippen LogP contribution < -0.4 is 10.6 Å². The van der Waals surface area contributed by atoms with Crippen molar-refractivity contribution in [1.82, 2.24) is 5.32 Å². The van der Waals surface area contributed by atoms with E-state index in [1.165, 1.54) is 6.07 Å². The highest BCUT2D eigenvalue weighted by molar-refractivity contribution is 6.31. The first-order valence-electron chi connectivity index (χ1n) is 11.6. The Labute approximate surface area is 203 Å². The Balaban J connectivity index is 1.57. The average Bonchev–Trinajstić information content (AvgIpc) is 3.30. The third kappa shape index (κ3) is 3.78. The molecule has 1 aliphatic carbocycles. The van der Waals surface area contributed by atoms with Crippen LogP contribution in [0.4, 0.5) is 10.1 Å². The molecule has 1 amide bonds. The maximum atomic E-state index is 15.4. The Kier molecular flexibility index (Phi) is 6.00. The topological polar surface area (TPSA) is 58.2 Å². The molecule has 5 rings (SSSR count). The molecule has 0 aromatic heterocycles. The summed E-state index contributed by atoms with van der Waals surface area (Å²) in [6, 6.07) is 9.36. The van der Waals surface area contributed by atoms with Crippen LogP contribution in [-0.2, 0) is 15.0 Å². The van der Waals surface area contributed by atoms with Gasteiger partial charge in [-0.15, -0.1) is 0 Å². The molecule has 2 aromatic carbocycles. The zero-order valence-corrected chi connectivity index (χ0v) is 20.0. The van der Waals surface area contributed by atoms with Gasteiger partial charge < -0.3 is 10.6 Å².